The third-order valence-electron chi connectivity index (χ3n) is 4.11. The van der Waals surface area contributed by atoms with Gasteiger partial charge in [-0.15, -0.1) is 0 Å². The number of carbonyl (C=O) groups excluding carboxylic acids is 1. The third-order valence-corrected chi connectivity index (χ3v) is 4.11. The minimum absolute atomic E-state index is 0.279. The molecule has 0 unspecified atom stereocenters. The number of benzene rings is 1. The maximum Gasteiger partial charge on any atom is 0.337 e. The van der Waals surface area contributed by atoms with Crippen LogP contribution in [0.2, 0.25) is 0 Å². The van der Waals surface area contributed by atoms with Gasteiger partial charge in [0, 0.05) is 12.6 Å². The van der Waals surface area contributed by atoms with Crippen LogP contribution >= 0.6 is 0 Å². The molecule has 0 spiro atoms. The Labute approximate surface area is 115 Å². The van der Waals surface area contributed by atoms with Crippen molar-refractivity contribution in [3.05, 3.63) is 35.4 Å². The van der Waals surface area contributed by atoms with E-state index in [9.17, 15) is 4.79 Å². The van der Waals surface area contributed by atoms with Crippen molar-refractivity contribution in [2.24, 2.45) is 5.92 Å². The summed E-state index contributed by atoms with van der Waals surface area (Å²) in [5, 5.41) is 3.59. The van der Waals surface area contributed by atoms with E-state index in [1.165, 1.54) is 38.4 Å². The Kier molecular flexibility index (Phi) is 4.97. The Hall–Kier alpha value is -1.35. The van der Waals surface area contributed by atoms with Crippen LogP contribution in [-0.4, -0.2) is 19.1 Å². The van der Waals surface area contributed by atoms with Crippen LogP contribution in [-0.2, 0) is 11.3 Å². The smallest absolute Gasteiger partial charge is 0.337 e. The van der Waals surface area contributed by atoms with Crippen molar-refractivity contribution in [1.82, 2.24) is 5.32 Å². The summed E-state index contributed by atoms with van der Waals surface area (Å²) in [5.74, 6) is 0.549. The average molecular weight is 261 g/mol. The van der Waals surface area contributed by atoms with Crippen molar-refractivity contribution in [3.63, 3.8) is 0 Å². The number of methoxy groups -OCH3 is 1. The molecule has 3 heteroatoms. The van der Waals surface area contributed by atoms with Crippen LogP contribution < -0.4 is 5.32 Å². The summed E-state index contributed by atoms with van der Waals surface area (Å²) in [6, 6.07) is 8.19. The van der Waals surface area contributed by atoms with Gasteiger partial charge in [0.15, 0.2) is 0 Å². The molecule has 0 aromatic heterocycles. The maximum absolute atomic E-state index is 11.3. The average Bonchev–Trinajstić information content (AvgIpc) is 2.98. The summed E-state index contributed by atoms with van der Waals surface area (Å²) in [4.78, 5) is 11.3. The number of ether oxygens (including phenoxy) is 1. The van der Waals surface area contributed by atoms with E-state index in [-0.39, 0.29) is 5.97 Å². The van der Waals surface area contributed by atoms with Gasteiger partial charge in [-0.1, -0.05) is 25.0 Å². The zero-order valence-electron chi connectivity index (χ0n) is 11.8. The predicted octanol–water partition coefficient (Wildman–Crippen LogP) is 3.14. The van der Waals surface area contributed by atoms with Gasteiger partial charge in [0.1, 0.15) is 0 Å². The fourth-order valence-corrected chi connectivity index (χ4v) is 2.78. The molecule has 104 valence electrons. The van der Waals surface area contributed by atoms with Crippen molar-refractivity contribution in [2.45, 2.75) is 45.2 Å². The molecule has 0 amide bonds. The van der Waals surface area contributed by atoms with Crippen LogP contribution in [0.15, 0.2) is 24.3 Å². The summed E-state index contributed by atoms with van der Waals surface area (Å²) in [6.07, 6.45) is 5.47. The molecular formula is C16H23NO2. The van der Waals surface area contributed by atoms with Gasteiger partial charge in [-0.2, -0.15) is 0 Å². The Morgan fingerprint density at radius 3 is 2.53 bits per heavy atom. The zero-order valence-corrected chi connectivity index (χ0v) is 11.8. The van der Waals surface area contributed by atoms with Gasteiger partial charge >= 0.3 is 5.97 Å². The lowest BCUT2D eigenvalue weighted by Crippen LogP contribution is -2.31. The number of hydrogen-bond acceptors (Lipinski definition) is 3. The standard InChI is InChI=1S/C16H23NO2/c1-12(14-5-3-4-6-14)17-11-13-7-9-15(10-8-13)16(18)19-2/h7-10,12,14,17H,3-6,11H2,1-2H3/t12-/m0/s1. The molecule has 19 heavy (non-hydrogen) atoms. The van der Waals surface area contributed by atoms with Gasteiger partial charge in [0.2, 0.25) is 0 Å². The minimum atomic E-state index is -0.279. The van der Waals surface area contributed by atoms with Gasteiger partial charge in [-0.05, 0) is 43.4 Å². The maximum atomic E-state index is 11.3. The van der Waals surface area contributed by atoms with E-state index >= 15 is 0 Å². The number of nitrogens with one attached hydrogen (secondary N) is 1. The Balaban J connectivity index is 1.84. The first-order valence-electron chi connectivity index (χ1n) is 7.11. The van der Waals surface area contributed by atoms with E-state index in [4.69, 9.17) is 0 Å². The molecule has 1 aliphatic rings. The van der Waals surface area contributed by atoms with Gasteiger partial charge in [-0.25, -0.2) is 4.79 Å². The summed E-state index contributed by atoms with van der Waals surface area (Å²) in [5.41, 5.74) is 1.81. The topological polar surface area (TPSA) is 38.3 Å². The Morgan fingerprint density at radius 1 is 1.32 bits per heavy atom. The first-order valence-corrected chi connectivity index (χ1v) is 7.11. The number of carbonyl (C=O) groups is 1. The lowest BCUT2D eigenvalue weighted by Gasteiger charge is -2.20. The third kappa shape index (κ3) is 3.80. The Bertz CT molecular complexity index is 407. The normalized spacial score (nSPS) is 17.4. The molecule has 1 fully saturated rings. The highest BCUT2D eigenvalue weighted by molar-refractivity contribution is 5.89. The van der Waals surface area contributed by atoms with Crippen molar-refractivity contribution in [1.29, 1.82) is 0 Å². The summed E-state index contributed by atoms with van der Waals surface area (Å²) in [6.45, 7) is 3.14. The fourth-order valence-electron chi connectivity index (χ4n) is 2.78. The van der Waals surface area contributed by atoms with Crippen LogP contribution in [0.4, 0.5) is 0 Å². The van der Waals surface area contributed by atoms with Gasteiger partial charge in [0.05, 0.1) is 12.7 Å². The molecule has 0 radical (unpaired) electrons. The molecule has 2 rings (SSSR count). The summed E-state index contributed by atoms with van der Waals surface area (Å²) in [7, 11) is 1.40. The van der Waals surface area contributed by atoms with E-state index < -0.39 is 0 Å². The first-order chi connectivity index (χ1) is 9.20. The van der Waals surface area contributed by atoms with E-state index in [0.717, 1.165) is 12.5 Å². The van der Waals surface area contributed by atoms with Crippen molar-refractivity contribution in [2.75, 3.05) is 7.11 Å². The molecule has 1 aromatic carbocycles. The largest absolute Gasteiger partial charge is 0.465 e. The number of hydrogen-bond donors (Lipinski definition) is 1. The molecule has 3 nitrogen and oxygen atoms in total. The quantitative estimate of drug-likeness (QED) is 0.827. The first kappa shape index (κ1) is 14.1. The highest BCUT2D eigenvalue weighted by Crippen LogP contribution is 2.27. The summed E-state index contributed by atoms with van der Waals surface area (Å²) < 4.78 is 4.69. The van der Waals surface area contributed by atoms with Gasteiger partial charge in [-0.3, -0.25) is 0 Å². The lowest BCUT2D eigenvalue weighted by atomic mass is 9.99. The van der Waals surface area contributed by atoms with E-state index in [0.29, 0.717) is 11.6 Å². The molecule has 1 saturated carbocycles. The second-order valence-corrected chi connectivity index (χ2v) is 5.40. The van der Waals surface area contributed by atoms with Crippen LogP contribution in [0, 0.1) is 5.92 Å². The molecule has 1 N–H and O–H groups in total. The van der Waals surface area contributed by atoms with E-state index in [2.05, 4.69) is 17.0 Å². The molecular weight excluding hydrogens is 238 g/mol. The monoisotopic (exact) mass is 261 g/mol. The molecule has 1 aliphatic carbocycles. The number of esters is 1. The second kappa shape index (κ2) is 6.71. The zero-order chi connectivity index (χ0) is 13.7. The second-order valence-electron chi connectivity index (χ2n) is 5.40. The highest BCUT2D eigenvalue weighted by Gasteiger charge is 2.20. The highest BCUT2D eigenvalue weighted by atomic mass is 16.5. The summed E-state index contributed by atoms with van der Waals surface area (Å²) >= 11 is 0. The van der Waals surface area contributed by atoms with Crippen LogP contribution in [0.3, 0.4) is 0 Å². The van der Waals surface area contributed by atoms with Crippen LogP contribution in [0.1, 0.15) is 48.5 Å². The molecule has 1 atom stereocenters. The molecule has 0 saturated heterocycles. The lowest BCUT2D eigenvalue weighted by molar-refractivity contribution is 0.0600. The van der Waals surface area contributed by atoms with Crippen LogP contribution in [0.25, 0.3) is 0 Å². The van der Waals surface area contributed by atoms with Gasteiger partial charge in [0.25, 0.3) is 0 Å². The van der Waals surface area contributed by atoms with Crippen molar-refractivity contribution >= 4 is 5.97 Å². The predicted molar refractivity (Wildman–Crippen MR) is 76.0 cm³/mol. The molecule has 0 aliphatic heterocycles. The van der Waals surface area contributed by atoms with Crippen molar-refractivity contribution in [3.8, 4) is 0 Å². The molecule has 1 aromatic rings. The Morgan fingerprint density at radius 2 is 1.95 bits per heavy atom. The molecule has 0 bridgehead atoms. The fraction of sp³-hybridized carbons (Fsp3) is 0.562. The van der Waals surface area contributed by atoms with Crippen LogP contribution in [0.5, 0.6) is 0 Å². The number of rotatable bonds is 5. The minimum Gasteiger partial charge on any atom is -0.465 e. The van der Waals surface area contributed by atoms with Crippen molar-refractivity contribution < 1.29 is 9.53 Å². The SMILES string of the molecule is COC(=O)c1ccc(CN[C@@H](C)C2CCCC2)cc1. The van der Waals surface area contributed by atoms with E-state index in [1.54, 1.807) is 0 Å². The molecule has 0 heterocycles. The van der Waals surface area contributed by atoms with Gasteiger partial charge < -0.3 is 10.1 Å². The van der Waals surface area contributed by atoms with E-state index in [1.807, 2.05) is 24.3 Å².